The van der Waals surface area contributed by atoms with Gasteiger partial charge in [-0.3, -0.25) is 4.79 Å². The van der Waals surface area contributed by atoms with Crippen LogP contribution in [0.2, 0.25) is 0 Å². The summed E-state index contributed by atoms with van der Waals surface area (Å²) in [5.74, 6) is -0.0776. The molecule has 1 saturated heterocycles. The number of allylic oxidation sites excluding steroid dienone is 1. The maximum atomic E-state index is 11.4. The van der Waals surface area contributed by atoms with Crippen LogP contribution in [0, 0.1) is 0 Å². The molecule has 84 valence electrons. The fraction of sp³-hybridized carbons (Fsp3) is 0.600. The first-order valence-corrected chi connectivity index (χ1v) is 5.07. The second-order valence-electron chi connectivity index (χ2n) is 3.23. The normalized spacial score (nSPS) is 21.1. The predicted molar refractivity (Wildman–Crippen MR) is 54.8 cm³/mol. The smallest absolute Gasteiger partial charge is 0.426 e. The maximum absolute atomic E-state index is 11.4. The van der Waals surface area contributed by atoms with Crippen molar-refractivity contribution in [2.45, 2.75) is 32.7 Å². The lowest BCUT2D eigenvalue weighted by atomic mass is 10.2. The fourth-order valence-electron chi connectivity index (χ4n) is 1.52. The quantitative estimate of drug-likeness (QED) is 0.715. The minimum absolute atomic E-state index is 0.0492. The van der Waals surface area contributed by atoms with Crippen molar-refractivity contribution in [3.63, 3.8) is 0 Å². The van der Waals surface area contributed by atoms with E-state index in [0.29, 0.717) is 13.0 Å². The molecule has 1 atom stereocenters. The SMILES string of the molecule is C/C=C/C1CCC(=O)N1NC(=O)OCC. The van der Waals surface area contributed by atoms with Crippen LogP contribution in [-0.2, 0) is 9.53 Å². The Morgan fingerprint density at radius 3 is 3.07 bits per heavy atom. The summed E-state index contributed by atoms with van der Waals surface area (Å²) in [6.45, 7) is 3.89. The summed E-state index contributed by atoms with van der Waals surface area (Å²) in [5.41, 5.74) is 2.44. The first-order chi connectivity index (χ1) is 7.19. The van der Waals surface area contributed by atoms with Gasteiger partial charge >= 0.3 is 6.09 Å². The third kappa shape index (κ3) is 2.97. The Labute approximate surface area is 89.0 Å². The molecule has 0 saturated carbocycles. The molecule has 1 aliphatic heterocycles. The largest absolute Gasteiger partial charge is 0.449 e. The number of rotatable bonds is 3. The van der Waals surface area contributed by atoms with Gasteiger partial charge in [-0.25, -0.2) is 15.2 Å². The Morgan fingerprint density at radius 1 is 1.73 bits per heavy atom. The first kappa shape index (κ1) is 11.6. The Bertz CT molecular complexity index is 276. The lowest BCUT2D eigenvalue weighted by Gasteiger charge is -2.22. The molecular weight excluding hydrogens is 196 g/mol. The molecule has 0 radical (unpaired) electrons. The van der Waals surface area contributed by atoms with Crippen LogP contribution >= 0.6 is 0 Å². The highest BCUT2D eigenvalue weighted by atomic mass is 16.6. The summed E-state index contributed by atoms with van der Waals surface area (Å²) in [5, 5.41) is 1.33. The van der Waals surface area contributed by atoms with Crippen LogP contribution in [-0.4, -0.2) is 29.7 Å². The third-order valence-corrected chi connectivity index (χ3v) is 2.16. The second-order valence-corrected chi connectivity index (χ2v) is 3.23. The van der Waals surface area contributed by atoms with Crippen LogP contribution in [0.15, 0.2) is 12.2 Å². The number of amides is 2. The molecule has 5 nitrogen and oxygen atoms in total. The molecule has 1 fully saturated rings. The van der Waals surface area contributed by atoms with Crippen molar-refractivity contribution in [2.75, 3.05) is 6.61 Å². The highest BCUT2D eigenvalue weighted by Gasteiger charge is 2.30. The number of nitrogens with one attached hydrogen (secondary N) is 1. The summed E-state index contributed by atoms with van der Waals surface area (Å²) in [6.07, 6.45) is 4.36. The second kappa shape index (κ2) is 5.38. The monoisotopic (exact) mass is 212 g/mol. The molecule has 0 bridgehead atoms. The summed E-state index contributed by atoms with van der Waals surface area (Å²) in [7, 11) is 0. The molecule has 1 unspecified atom stereocenters. The van der Waals surface area contributed by atoms with E-state index in [4.69, 9.17) is 4.74 Å². The number of carbonyl (C=O) groups excluding carboxylic acids is 2. The van der Waals surface area contributed by atoms with Crippen molar-refractivity contribution in [1.29, 1.82) is 0 Å². The lowest BCUT2D eigenvalue weighted by molar-refractivity contribution is -0.131. The number of hydrogen-bond donors (Lipinski definition) is 1. The molecule has 0 aromatic carbocycles. The van der Waals surface area contributed by atoms with Crippen molar-refractivity contribution in [2.24, 2.45) is 0 Å². The van der Waals surface area contributed by atoms with E-state index in [0.717, 1.165) is 6.42 Å². The van der Waals surface area contributed by atoms with Gasteiger partial charge in [0, 0.05) is 6.42 Å². The molecule has 1 N–H and O–H groups in total. The molecule has 1 heterocycles. The number of hydrazine groups is 1. The molecule has 1 rings (SSSR count). The van der Waals surface area contributed by atoms with Crippen LogP contribution in [0.5, 0.6) is 0 Å². The van der Waals surface area contributed by atoms with Crippen LogP contribution in [0.25, 0.3) is 0 Å². The molecule has 1 aliphatic rings. The van der Waals surface area contributed by atoms with Gasteiger partial charge in [0.2, 0.25) is 5.91 Å². The van der Waals surface area contributed by atoms with Crippen molar-refractivity contribution in [3.05, 3.63) is 12.2 Å². The van der Waals surface area contributed by atoms with E-state index in [1.165, 1.54) is 5.01 Å². The number of ether oxygens (including phenoxy) is 1. The van der Waals surface area contributed by atoms with E-state index >= 15 is 0 Å². The predicted octanol–water partition coefficient (Wildman–Crippen LogP) is 1.21. The third-order valence-electron chi connectivity index (χ3n) is 2.16. The molecule has 0 aliphatic carbocycles. The van der Waals surface area contributed by atoms with E-state index in [1.807, 2.05) is 19.1 Å². The molecule has 15 heavy (non-hydrogen) atoms. The Kier molecular flexibility index (Phi) is 4.15. The highest BCUT2D eigenvalue weighted by Crippen LogP contribution is 2.17. The van der Waals surface area contributed by atoms with Gasteiger partial charge in [0.25, 0.3) is 0 Å². The van der Waals surface area contributed by atoms with Gasteiger partial charge in [-0.1, -0.05) is 12.2 Å². The van der Waals surface area contributed by atoms with Gasteiger partial charge in [0.05, 0.1) is 12.6 Å². The fourth-order valence-corrected chi connectivity index (χ4v) is 1.52. The van der Waals surface area contributed by atoms with Gasteiger partial charge in [0.15, 0.2) is 0 Å². The molecule has 5 heteroatoms. The van der Waals surface area contributed by atoms with Gasteiger partial charge < -0.3 is 4.74 Å². The van der Waals surface area contributed by atoms with E-state index in [-0.39, 0.29) is 11.9 Å². The van der Waals surface area contributed by atoms with Crippen molar-refractivity contribution < 1.29 is 14.3 Å². The first-order valence-electron chi connectivity index (χ1n) is 5.07. The van der Waals surface area contributed by atoms with E-state index in [9.17, 15) is 9.59 Å². The van der Waals surface area contributed by atoms with Crippen LogP contribution < -0.4 is 5.43 Å². The van der Waals surface area contributed by atoms with Gasteiger partial charge in [-0.05, 0) is 20.3 Å². The van der Waals surface area contributed by atoms with Crippen molar-refractivity contribution >= 4 is 12.0 Å². The van der Waals surface area contributed by atoms with Crippen molar-refractivity contribution in [3.8, 4) is 0 Å². The summed E-state index contributed by atoms with van der Waals surface area (Å²) < 4.78 is 4.71. The average Bonchev–Trinajstić information content (AvgIpc) is 2.51. The number of carbonyl (C=O) groups is 2. The Morgan fingerprint density at radius 2 is 2.47 bits per heavy atom. The number of nitrogens with zero attached hydrogens (tertiary/aromatic N) is 1. The minimum Gasteiger partial charge on any atom is -0.449 e. The van der Waals surface area contributed by atoms with Gasteiger partial charge in [-0.15, -0.1) is 0 Å². The summed E-state index contributed by atoms with van der Waals surface area (Å²) in [6, 6.07) is -0.0492. The van der Waals surface area contributed by atoms with E-state index in [1.54, 1.807) is 6.92 Å². The molecule has 0 aromatic rings. The van der Waals surface area contributed by atoms with Crippen LogP contribution in [0.4, 0.5) is 4.79 Å². The minimum atomic E-state index is -0.581. The average molecular weight is 212 g/mol. The Balaban J connectivity index is 2.56. The molecule has 0 spiro atoms. The maximum Gasteiger partial charge on any atom is 0.426 e. The zero-order valence-electron chi connectivity index (χ0n) is 9.03. The van der Waals surface area contributed by atoms with E-state index in [2.05, 4.69) is 5.43 Å². The number of hydrogen-bond acceptors (Lipinski definition) is 3. The topological polar surface area (TPSA) is 58.6 Å². The van der Waals surface area contributed by atoms with Gasteiger partial charge in [-0.2, -0.15) is 0 Å². The van der Waals surface area contributed by atoms with Crippen LogP contribution in [0.1, 0.15) is 26.7 Å². The molecule has 2 amide bonds. The van der Waals surface area contributed by atoms with E-state index < -0.39 is 6.09 Å². The van der Waals surface area contributed by atoms with Crippen LogP contribution in [0.3, 0.4) is 0 Å². The zero-order chi connectivity index (χ0) is 11.3. The standard InChI is InChI=1S/C10H16N2O3/c1-3-5-8-6-7-9(13)12(8)11-10(14)15-4-2/h3,5,8H,4,6-7H2,1-2H3,(H,11,14)/b5-3+. The zero-order valence-corrected chi connectivity index (χ0v) is 9.03. The molecular formula is C10H16N2O3. The molecule has 0 aromatic heterocycles. The summed E-state index contributed by atoms with van der Waals surface area (Å²) in [4.78, 5) is 22.6. The summed E-state index contributed by atoms with van der Waals surface area (Å²) >= 11 is 0. The van der Waals surface area contributed by atoms with Crippen molar-refractivity contribution in [1.82, 2.24) is 10.4 Å². The van der Waals surface area contributed by atoms with Gasteiger partial charge in [0.1, 0.15) is 0 Å². The highest BCUT2D eigenvalue weighted by molar-refractivity contribution is 5.81. The Hall–Kier alpha value is -1.52. The lowest BCUT2D eigenvalue weighted by Crippen LogP contribution is -2.47.